The van der Waals surface area contributed by atoms with E-state index in [1.807, 2.05) is 6.92 Å². The monoisotopic (exact) mass is 182 g/mol. The van der Waals surface area contributed by atoms with Crippen molar-refractivity contribution in [1.29, 1.82) is 0 Å². The highest BCUT2D eigenvalue weighted by Crippen LogP contribution is 2.05. The minimum Gasteiger partial charge on any atom is -0.381 e. The van der Waals surface area contributed by atoms with E-state index in [0.717, 1.165) is 0 Å². The fraction of sp³-hybridized carbons (Fsp3) is 0.556. The summed E-state index contributed by atoms with van der Waals surface area (Å²) in [4.78, 5) is 11.5. The van der Waals surface area contributed by atoms with Gasteiger partial charge in [0.15, 0.2) is 5.78 Å². The number of carbonyl (C=O) groups is 1. The maximum atomic E-state index is 11.5. The van der Waals surface area contributed by atoms with Gasteiger partial charge in [-0.3, -0.25) is 9.48 Å². The van der Waals surface area contributed by atoms with Gasteiger partial charge >= 0.3 is 0 Å². The maximum absolute atomic E-state index is 11.5. The minimum absolute atomic E-state index is 0.0345. The molecule has 0 saturated heterocycles. The standard InChI is InChI=1S/C9H14N2O2/c1-7(13-3)4-9(12)8-5-10-11(2)6-8/h5-7H,4H2,1-3H3. The smallest absolute Gasteiger partial charge is 0.168 e. The number of ether oxygens (including phenoxy) is 1. The van der Waals surface area contributed by atoms with Gasteiger partial charge in [-0.05, 0) is 6.92 Å². The number of hydrogen-bond acceptors (Lipinski definition) is 3. The van der Waals surface area contributed by atoms with Crippen molar-refractivity contribution >= 4 is 5.78 Å². The first-order valence-electron chi connectivity index (χ1n) is 4.18. The fourth-order valence-corrected chi connectivity index (χ4v) is 1.03. The zero-order valence-corrected chi connectivity index (χ0v) is 8.15. The molecule has 0 fully saturated rings. The van der Waals surface area contributed by atoms with Crippen LogP contribution in [-0.4, -0.2) is 28.8 Å². The number of nitrogens with zero attached hydrogens (tertiary/aromatic N) is 2. The molecule has 1 atom stereocenters. The molecule has 0 amide bonds. The van der Waals surface area contributed by atoms with Crippen molar-refractivity contribution in [2.75, 3.05) is 7.11 Å². The number of hydrogen-bond donors (Lipinski definition) is 0. The number of carbonyl (C=O) groups excluding carboxylic acids is 1. The fourth-order valence-electron chi connectivity index (χ4n) is 1.03. The van der Waals surface area contributed by atoms with Crippen molar-refractivity contribution in [2.45, 2.75) is 19.4 Å². The molecule has 0 aliphatic carbocycles. The van der Waals surface area contributed by atoms with Crippen molar-refractivity contribution in [3.63, 3.8) is 0 Å². The highest BCUT2D eigenvalue weighted by Gasteiger charge is 2.11. The Morgan fingerprint density at radius 1 is 1.77 bits per heavy atom. The SMILES string of the molecule is COC(C)CC(=O)c1cnn(C)c1. The Bertz CT molecular complexity index is 294. The molecule has 13 heavy (non-hydrogen) atoms. The largest absolute Gasteiger partial charge is 0.381 e. The Balaban J connectivity index is 2.58. The number of rotatable bonds is 4. The second kappa shape index (κ2) is 4.18. The summed E-state index contributed by atoms with van der Waals surface area (Å²) in [6.07, 6.45) is 3.66. The van der Waals surface area contributed by atoms with Crippen molar-refractivity contribution < 1.29 is 9.53 Å². The maximum Gasteiger partial charge on any atom is 0.168 e. The van der Waals surface area contributed by atoms with Crippen LogP contribution in [0.5, 0.6) is 0 Å². The molecule has 0 radical (unpaired) electrons. The Kier molecular flexibility index (Phi) is 3.19. The van der Waals surface area contributed by atoms with Gasteiger partial charge in [0.2, 0.25) is 0 Å². The number of aromatic nitrogens is 2. The second-order valence-corrected chi connectivity index (χ2v) is 3.08. The number of aryl methyl sites for hydroxylation is 1. The summed E-state index contributed by atoms with van der Waals surface area (Å²) in [5.41, 5.74) is 0.645. The number of methoxy groups -OCH3 is 1. The summed E-state index contributed by atoms with van der Waals surface area (Å²) in [7, 11) is 3.39. The highest BCUT2D eigenvalue weighted by atomic mass is 16.5. The zero-order chi connectivity index (χ0) is 9.84. The van der Waals surface area contributed by atoms with Gasteiger partial charge in [0.1, 0.15) is 0 Å². The average Bonchev–Trinajstić information content (AvgIpc) is 2.51. The van der Waals surface area contributed by atoms with E-state index in [1.54, 1.807) is 31.2 Å². The van der Waals surface area contributed by atoms with Crippen LogP contribution in [0.4, 0.5) is 0 Å². The van der Waals surface area contributed by atoms with Gasteiger partial charge in [0.25, 0.3) is 0 Å². The van der Waals surface area contributed by atoms with Crippen LogP contribution < -0.4 is 0 Å². The summed E-state index contributed by atoms with van der Waals surface area (Å²) in [5.74, 6) is 0.0717. The van der Waals surface area contributed by atoms with Gasteiger partial charge in [0, 0.05) is 26.8 Å². The zero-order valence-electron chi connectivity index (χ0n) is 8.15. The molecule has 0 spiro atoms. The predicted octanol–water partition coefficient (Wildman–Crippen LogP) is 1.03. The summed E-state index contributed by atoms with van der Waals surface area (Å²) >= 11 is 0. The van der Waals surface area contributed by atoms with Crippen molar-refractivity contribution in [1.82, 2.24) is 9.78 Å². The molecule has 1 unspecified atom stereocenters. The lowest BCUT2D eigenvalue weighted by molar-refractivity contribution is 0.0792. The topological polar surface area (TPSA) is 44.1 Å². The van der Waals surface area contributed by atoms with Crippen molar-refractivity contribution in [3.05, 3.63) is 18.0 Å². The first kappa shape index (κ1) is 9.92. The summed E-state index contributed by atoms with van der Waals surface area (Å²) in [6.45, 7) is 1.87. The Labute approximate surface area is 77.5 Å². The van der Waals surface area contributed by atoms with E-state index < -0.39 is 0 Å². The third-order valence-electron chi connectivity index (χ3n) is 1.90. The normalized spacial score (nSPS) is 12.8. The van der Waals surface area contributed by atoms with Crippen LogP contribution >= 0.6 is 0 Å². The van der Waals surface area contributed by atoms with Crippen LogP contribution in [-0.2, 0) is 11.8 Å². The Morgan fingerprint density at radius 3 is 2.92 bits per heavy atom. The van der Waals surface area contributed by atoms with E-state index in [2.05, 4.69) is 5.10 Å². The number of Topliss-reactive ketones (excluding diaryl/α,β-unsaturated/α-hetero) is 1. The van der Waals surface area contributed by atoms with Crippen LogP contribution in [0.2, 0.25) is 0 Å². The van der Waals surface area contributed by atoms with Crippen LogP contribution in [0.3, 0.4) is 0 Å². The van der Waals surface area contributed by atoms with E-state index >= 15 is 0 Å². The first-order chi connectivity index (χ1) is 6.13. The molecular weight excluding hydrogens is 168 g/mol. The summed E-state index contributed by atoms with van der Waals surface area (Å²) < 4.78 is 6.62. The molecule has 0 aliphatic heterocycles. The molecule has 1 heterocycles. The van der Waals surface area contributed by atoms with Gasteiger partial charge in [-0.2, -0.15) is 5.10 Å². The third-order valence-corrected chi connectivity index (χ3v) is 1.90. The Hall–Kier alpha value is -1.16. The van der Waals surface area contributed by atoms with Gasteiger partial charge in [-0.25, -0.2) is 0 Å². The van der Waals surface area contributed by atoms with Gasteiger partial charge < -0.3 is 4.74 Å². The molecule has 0 aliphatic rings. The van der Waals surface area contributed by atoms with E-state index in [9.17, 15) is 4.79 Å². The van der Waals surface area contributed by atoms with Crippen LogP contribution in [0.1, 0.15) is 23.7 Å². The molecule has 1 rings (SSSR count). The molecule has 0 bridgehead atoms. The molecule has 4 nitrogen and oxygen atoms in total. The summed E-state index contributed by atoms with van der Waals surface area (Å²) in [6, 6.07) is 0. The van der Waals surface area contributed by atoms with E-state index in [-0.39, 0.29) is 11.9 Å². The highest BCUT2D eigenvalue weighted by molar-refractivity contribution is 5.95. The van der Waals surface area contributed by atoms with Gasteiger partial charge in [-0.1, -0.05) is 0 Å². The second-order valence-electron chi connectivity index (χ2n) is 3.08. The third kappa shape index (κ3) is 2.66. The van der Waals surface area contributed by atoms with Gasteiger partial charge in [0.05, 0.1) is 17.9 Å². The van der Waals surface area contributed by atoms with Crippen molar-refractivity contribution in [3.8, 4) is 0 Å². The average molecular weight is 182 g/mol. The summed E-state index contributed by atoms with van der Waals surface area (Å²) in [5, 5.41) is 3.93. The van der Waals surface area contributed by atoms with Crippen molar-refractivity contribution in [2.24, 2.45) is 7.05 Å². The minimum atomic E-state index is -0.0345. The van der Waals surface area contributed by atoms with E-state index in [0.29, 0.717) is 12.0 Å². The molecule has 0 aromatic carbocycles. The lowest BCUT2D eigenvalue weighted by Crippen LogP contribution is -2.11. The molecule has 0 saturated carbocycles. The first-order valence-corrected chi connectivity index (χ1v) is 4.18. The number of ketones is 1. The van der Waals surface area contributed by atoms with Crippen LogP contribution in [0.15, 0.2) is 12.4 Å². The quantitative estimate of drug-likeness (QED) is 0.653. The van der Waals surface area contributed by atoms with E-state index in [4.69, 9.17) is 4.74 Å². The molecule has 1 aromatic heterocycles. The molecular formula is C9H14N2O2. The van der Waals surface area contributed by atoms with E-state index in [1.165, 1.54) is 0 Å². The lowest BCUT2D eigenvalue weighted by atomic mass is 10.1. The van der Waals surface area contributed by atoms with Gasteiger partial charge in [-0.15, -0.1) is 0 Å². The molecule has 72 valence electrons. The van der Waals surface area contributed by atoms with Crippen LogP contribution in [0, 0.1) is 0 Å². The van der Waals surface area contributed by atoms with Crippen LogP contribution in [0.25, 0.3) is 0 Å². The molecule has 4 heteroatoms. The Morgan fingerprint density at radius 2 is 2.46 bits per heavy atom. The molecule has 1 aromatic rings. The lowest BCUT2D eigenvalue weighted by Gasteiger charge is -2.06. The molecule has 0 N–H and O–H groups in total. The predicted molar refractivity (Wildman–Crippen MR) is 48.6 cm³/mol.